The number of nitrogens with zero attached hydrogens (tertiary/aromatic N) is 2. The molecule has 0 aliphatic carbocycles. The van der Waals surface area contributed by atoms with Crippen LogP contribution in [0, 0.1) is 0 Å². The summed E-state index contributed by atoms with van der Waals surface area (Å²) in [6.07, 6.45) is 0.965. The molecule has 23 heavy (non-hydrogen) atoms. The third kappa shape index (κ3) is 3.47. The first-order valence-electron chi connectivity index (χ1n) is 7.67. The van der Waals surface area contributed by atoms with Gasteiger partial charge < -0.3 is 15.1 Å². The van der Waals surface area contributed by atoms with Crippen molar-refractivity contribution in [1.29, 1.82) is 0 Å². The highest BCUT2D eigenvalue weighted by atomic mass is 35.5. The predicted octanol–water partition coefficient (Wildman–Crippen LogP) is 0.903. The summed E-state index contributed by atoms with van der Waals surface area (Å²) in [6.45, 7) is 1.97. The van der Waals surface area contributed by atoms with Crippen LogP contribution in [-0.4, -0.2) is 59.7 Å². The molecule has 2 saturated heterocycles. The number of hydrogen-bond acceptors (Lipinski definition) is 3. The van der Waals surface area contributed by atoms with Crippen molar-refractivity contribution in [3.8, 4) is 0 Å². The Morgan fingerprint density at radius 1 is 1.04 bits per heavy atom. The molecule has 1 atom stereocenters. The second kappa shape index (κ2) is 6.58. The van der Waals surface area contributed by atoms with Crippen molar-refractivity contribution in [3.63, 3.8) is 0 Å². The summed E-state index contributed by atoms with van der Waals surface area (Å²) < 4.78 is 0. The molecule has 122 valence electrons. The quantitative estimate of drug-likeness (QED) is 0.873. The van der Waals surface area contributed by atoms with E-state index in [0.717, 1.165) is 0 Å². The fraction of sp³-hybridized carbons (Fsp3) is 0.438. The molecule has 2 heterocycles. The topological polar surface area (TPSA) is 69.7 Å². The van der Waals surface area contributed by atoms with Gasteiger partial charge in [0.25, 0.3) is 5.91 Å². The Hall–Kier alpha value is -2.08. The molecule has 1 aromatic carbocycles. The largest absolute Gasteiger partial charge is 0.344 e. The summed E-state index contributed by atoms with van der Waals surface area (Å²) in [4.78, 5) is 39.4. The van der Waals surface area contributed by atoms with Crippen LogP contribution in [0.4, 0.5) is 0 Å². The number of rotatable bonds is 2. The molecule has 2 fully saturated rings. The van der Waals surface area contributed by atoms with Crippen LogP contribution in [0.3, 0.4) is 0 Å². The van der Waals surface area contributed by atoms with Gasteiger partial charge in [-0.2, -0.15) is 0 Å². The first-order chi connectivity index (χ1) is 11.0. The number of carbonyl (C=O) groups is 3. The van der Waals surface area contributed by atoms with E-state index in [2.05, 4.69) is 5.32 Å². The molecule has 1 N–H and O–H groups in total. The van der Waals surface area contributed by atoms with Gasteiger partial charge in [0.05, 0.1) is 0 Å². The minimum atomic E-state index is -0.402. The minimum absolute atomic E-state index is 0.0468. The lowest BCUT2D eigenvalue weighted by Gasteiger charge is -2.36. The molecule has 0 unspecified atom stereocenters. The molecule has 6 nitrogen and oxygen atoms in total. The zero-order valence-electron chi connectivity index (χ0n) is 12.6. The van der Waals surface area contributed by atoms with Crippen molar-refractivity contribution in [2.45, 2.75) is 18.9 Å². The van der Waals surface area contributed by atoms with Gasteiger partial charge in [-0.1, -0.05) is 11.6 Å². The highest BCUT2D eigenvalue weighted by Gasteiger charge is 2.33. The smallest absolute Gasteiger partial charge is 0.253 e. The first kappa shape index (κ1) is 15.8. The van der Waals surface area contributed by atoms with Gasteiger partial charge >= 0.3 is 0 Å². The van der Waals surface area contributed by atoms with Crippen molar-refractivity contribution < 1.29 is 14.4 Å². The van der Waals surface area contributed by atoms with Crippen LogP contribution in [0.1, 0.15) is 23.2 Å². The highest BCUT2D eigenvalue weighted by molar-refractivity contribution is 6.30. The summed E-state index contributed by atoms with van der Waals surface area (Å²) >= 11 is 5.83. The summed E-state index contributed by atoms with van der Waals surface area (Å²) in [5.74, 6) is -0.169. The lowest BCUT2D eigenvalue weighted by atomic mass is 10.1. The molecular weight excluding hydrogens is 318 g/mol. The SMILES string of the molecule is O=C1CC[C@@H](C(=O)N2CCN(C(=O)c3ccc(Cl)cc3)CC2)N1. The molecule has 0 radical (unpaired) electrons. The lowest BCUT2D eigenvalue weighted by Crippen LogP contribution is -2.54. The van der Waals surface area contributed by atoms with E-state index >= 15 is 0 Å². The van der Waals surface area contributed by atoms with Crippen LogP contribution in [0.2, 0.25) is 5.02 Å². The van der Waals surface area contributed by atoms with Crippen LogP contribution in [0.5, 0.6) is 0 Å². The number of benzene rings is 1. The van der Waals surface area contributed by atoms with Gasteiger partial charge in [0, 0.05) is 43.2 Å². The van der Waals surface area contributed by atoms with Crippen LogP contribution >= 0.6 is 11.6 Å². The predicted molar refractivity (Wildman–Crippen MR) is 85.1 cm³/mol. The van der Waals surface area contributed by atoms with Crippen molar-refractivity contribution in [1.82, 2.24) is 15.1 Å². The zero-order chi connectivity index (χ0) is 16.4. The number of hydrogen-bond donors (Lipinski definition) is 1. The number of halogens is 1. The molecule has 2 aliphatic heterocycles. The van der Waals surface area contributed by atoms with Crippen molar-refractivity contribution in [3.05, 3.63) is 34.9 Å². The standard InChI is InChI=1S/C16H18ClN3O3/c17-12-3-1-11(2-4-12)15(22)19-7-9-20(10-8-19)16(23)13-5-6-14(21)18-13/h1-4,13H,5-10H2,(H,18,21)/t13-/m0/s1. The van der Waals surface area contributed by atoms with Crippen LogP contribution in [0.15, 0.2) is 24.3 Å². The maximum absolute atomic E-state index is 12.4. The Morgan fingerprint density at radius 2 is 1.65 bits per heavy atom. The van der Waals surface area contributed by atoms with Gasteiger partial charge in [0.15, 0.2) is 0 Å². The van der Waals surface area contributed by atoms with Gasteiger partial charge in [-0.3, -0.25) is 14.4 Å². The van der Waals surface area contributed by atoms with Crippen molar-refractivity contribution in [2.75, 3.05) is 26.2 Å². The molecular formula is C16H18ClN3O3. The van der Waals surface area contributed by atoms with Gasteiger partial charge in [0.2, 0.25) is 11.8 Å². The monoisotopic (exact) mass is 335 g/mol. The fourth-order valence-corrected chi connectivity index (χ4v) is 3.05. The number of carbonyl (C=O) groups excluding carboxylic acids is 3. The van der Waals surface area contributed by atoms with Gasteiger partial charge in [-0.05, 0) is 30.7 Å². The lowest BCUT2D eigenvalue weighted by molar-refractivity contribution is -0.135. The Labute approximate surface area is 139 Å². The minimum Gasteiger partial charge on any atom is -0.344 e. The second-order valence-electron chi connectivity index (χ2n) is 5.78. The van der Waals surface area contributed by atoms with Crippen molar-refractivity contribution in [2.24, 2.45) is 0 Å². The van der Waals surface area contributed by atoms with Crippen molar-refractivity contribution >= 4 is 29.3 Å². The van der Waals surface area contributed by atoms with E-state index in [0.29, 0.717) is 49.6 Å². The summed E-state index contributed by atoms with van der Waals surface area (Å²) in [5.41, 5.74) is 0.595. The van der Waals surface area contributed by atoms with E-state index in [1.807, 2.05) is 0 Å². The Kier molecular flexibility index (Phi) is 4.52. The first-order valence-corrected chi connectivity index (χ1v) is 8.05. The maximum atomic E-state index is 12.4. The van der Waals surface area contributed by atoms with Crippen LogP contribution < -0.4 is 5.32 Å². The molecule has 3 rings (SSSR count). The molecule has 0 aromatic heterocycles. The van der Waals surface area contributed by atoms with Gasteiger partial charge in [0.1, 0.15) is 6.04 Å². The zero-order valence-corrected chi connectivity index (χ0v) is 13.4. The number of nitrogens with one attached hydrogen (secondary N) is 1. The maximum Gasteiger partial charge on any atom is 0.253 e. The average Bonchev–Trinajstić information content (AvgIpc) is 3.01. The Bertz CT molecular complexity index is 624. The van der Waals surface area contributed by atoms with E-state index < -0.39 is 6.04 Å². The van der Waals surface area contributed by atoms with E-state index in [9.17, 15) is 14.4 Å². The highest BCUT2D eigenvalue weighted by Crippen LogP contribution is 2.15. The van der Waals surface area contributed by atoms with Gasteiger partial charge in [-0.15, -0.1) is 0 Å². The normalized spacial score (nSPS) is 21.3. The summed E-state index contributed by atoms with van der Waals surface area (Å²) in [7, 11) is 0. The van der Waals surface area contributed by atoms with E-state index in [1.54, 1.807) is 34.1 Å². The summed E-state index contributed by atoms with van der Waals surface area (Å²) in [5, 5.41) is 3.29. The number of piperazine rings is 1. The van der Waals surface area contributed by atoms with Gasteiger partial charge in [-0.25, -0.2) is 0 Å². The fourth-order valence-electron chi connectivity index (χ4n) is 2.92. The van der Waals surface area contributed by atoms with Crippen LogP contribution in [-0.2, 0) is 9.59 Å². The van der Waals surface area contributed by atoms with Crippen LogP contribution in [0.25, 0.3) is 0 Å². The average molecular weight is 336 g/mol. The number of amides is 3. The van der Waals surface area contributed by atoms with E-state index in [4.69, 9.17) is 11.6 Å². The third-order valence-corrected chi connectivity index (χ3v) is 4.52. The Morgan fingerprint density at radius 3 is 2.22 bits per heavy atom. The van der Waals surface area contributed by atoms with E-state index in [-0.39, 0.29) is 17.7 Å². The summed E-state index contributed by atoms with van der Waals surface area (Å²) in [6, 6.07) is 6.39. The molecule has 0 saturated carbocycles. The molecule has 3 amide bonds. The third-order valence-electron chi connectivity index (χ3n) is 4.26. The molecule has 2 aliphatic rings. The molecule has 1 aromatic rings. The Balaban J connectivity index is 1.55. The molecule has 7 heteroatoms. The van der Waals surface area contributed by atoms with E-state index in [1.165, 1.54) is 0 Å². The second-order valence-corrected chi connectivity index (χ2v) is 6.22. The molecule has 0 spiro atoms. The molecule has 0 bridgehead atoms.